The van der Waals surface area contributed by atoms with Crippen LogP contribution in [0.3, 0.4) is 0 Å². The minimum absolute atomic E-state index is 0.0766. The van der Waals surface area contributed by atoms with Crippen LogP contribution in [0.25, 0.3) is 22.3 Å². The molecule has 0 atom stereocenters. The van der Waals surface area contributed by atoms with Crippen LogP contribution in [-0.4, -0.2) is 0 Å². The van der Waals surface area contributed by atoms with E-state index in [0.29, 0.717) is 0 Å². The average Bonchev–Trinajstić information content (AvgIpc) is 3.13. The molecular weight excluding hydrogens is 516 g/mol. The predicted molar refractivity (Wildman–Crippen MR) is 191 cm³/mol. The smallest absolute Gasteiger partial charge is 0.0159 e. The second-order valence-corrected chi connectivity index (χ2v) is 17.3. The summed E-state index contributed by atoms with van der Waals surface area (Å²) < 4.78 is 0. The summed E-state index contributed by atoms with van der Waals surface area (Å²) in [7, 11) is 0. The van der Waals surface area contributed by atoms with Crippen molar-refractivity contribution in [2.45, 2.75) is 124 Å². The van der Waals surface area contributed by atoms with Crippen LogP contribution < -0.4 is 0 Å². The molecule has 0 spiro atoms. The molecule has 0 radical (unpaired) electrons. The third-order valence-electron chi connectivity index (χ3n) is 9.24. The highest BCUT2D eigenvalue weighted by atomic mass is 14.4. The second-order valence-electron chi connectivity index (χ2n) is 17.3. The van der Waals surface area contributed by atoms with Gasteiger partial charge in [0.05, 0.1) is 0 Å². The lowest BCUT2D eigenvalue weighted by Gasteiger charge is -2.26. The Morgan fingerprint density at radius 1 is 0.349 bits per heavy atom. The average molecular weight is 573 g/mol. The summed E-state index contributed by atoms with van der Waals surface area (Å²) in [5.41, 5.74) is 14.9. The molecule has 0 bridgehead atoms. The largest absolute Gasteiger partial charge is 0.0579 e. The van der Waals surface area contributed by atoms with Crippen LogP contribution in [-0.2, 0) is 27.1 Å². The molecule has 228 valence electrons. The lowest BCUT2D eigenvalue weighted by molar-refractivity contribution is 0.580. The number of hydrogen-bond donors (Lipinski definition) is 0. The van der Waals surface area contributed by atoms with Gasteiger partial charge in [0.2, 0.25) is 0 Å². The summed E-state index contributed by atoms with van der Waals surface area (Å²) in [6, 6.07) is 32.0. The fourth-order valence-electron chi connectivity index (χ4n) is 6.00. The molecule has 0 amide bonds. The summed E-state index contributed by atoms with van der Waals surface area (Å²) >= 11 is 0. The van der Waals surface area contributed by atoms with E-state index < -0.39 is 0 Å². The Kier molecular flexibility index (Phi) is 8.47. The van der Waals surface area contributed by atoms with Crippen LogP contribution in [0.15, 0.2) is 84.9 Å². The molecule has 0 saturated heterocycles. The van der Waals surface area contributed by atoms with Gasteiger partial charge < -0.3 is 0 Å². The molecular formula is C43H56. The van der Waals surface area contributed by atoms with E-state index in [0.717, 1.165) is 0 Å². The van der Waals surface area contributed by atoms with Crippen molar-refractivity contribution in [1.29, 1.82) is 0 Å². The number of hydrogen-bond acceptors (Lipinski definition) is 0. The Morgan fingerprint density at radius 2 is 0.605 bits per heavy atom. The van der Waals surface area contributed by atoms with Gasteiger partial charge >= 0.3 is 0 Å². The lowest BCUT2D eigenvalue weighted by atomic mass is 9.77. The Labute approximate surface area is 264 Å². The van der Waals surface area contributed by atoms with Crippen LogP contribution in [0.4, 0.5) is 0 Å². The third kappa shape index (κ3) is 7.01. The minimum Gasteiger partial charge on any atom is -0.0579 e. The van der Waals surface area contributed by atoms with E-state index in [1.54, 1.807) is 0 Å². The molecule has 0 N–H and O–H groups in total. The maximum Gasteiger partial charge on any atom is 0.0159 e. The van der Waals surface area contributed by atoms with Crippen LogP contribution in [0.2, 0.25) is 0 Å². The van der Waals surface area contributed by atoms with Crippen molar-refractivity contribution in [2.24, 2.45) is 0 Å². The zero-order chi connectivity index (χ0) is 32.2. The zero-order valence-corrected chi connectivity index (χ0v) is 29.6. The lowest BCUT2D eigenvalue weighted by Crippen LogP contribution is -2.19. The molecule has 0 fully saturated rings. The first-order valence-electron chi connectivity index (χ1n) is 16.1. The summed E-state index contributed by atoms with van der Waals surface area (Å²) in [6.07, 6.45) is 0. The van der Waals surface area contributed by atoms with Gasteiger partial charge in [0.25, 0.3) is 0 Å². The van der Waals surface area contributed by atoms with Gasteiger partial charge in [-0.15, -0.1) is 0 Å². The van der Waals surface area contributed by atoms with Crippen molar-refractivity contribution in [3.8, 4) is 22.3 Å². The summed E-state index contributed by atoms with van der Waals surface area (Å²) in [6.45, 7) is 32.0. The first kappa shape index (κ1) is 32.8. The van der Waals surface area contributed by atoms with Gasteiger partial charge in [-0.1, -0.05) is 182 Å². The van der Waals surface area contributed by atoms with E-state index in [9.17, 15) is 0 Å². The summed E-state index contributed by atoms with van der Waals surface area (Å²) in [5.74, 6) is 0. The fraction of sp³-hybridized carbons (Fsp3) is 0.442. The number of benzene rings is 4. The molecule has 5 rings (SSSR count). The Balaban J connectivity index is 0.000000199. The second kappa shape index (κ2) is 11.1. The molecule has 1 aliphatic carbocycles. The SMILES string of the molecule is CC(C)(C)c1ccc(-c2ccc(C(C)(C)C)cc2)cc1.CC(C)(C)c1ccc2c(c1)C(C)(C)c1cc(C(C)(C)C)ccc1-2. The highest BCUT2D eigenvalue weighted by Gasteiger charge is 2.37. The molecule has 0 unspecified atom stereocenters. The van der Waals surface area contributed by atoms with Gasteiger partial charge in [0.15, 0.2) is 0 Å². The fourth-order valence-corrected chi connectivity index (χ4v) is 6.00. The number of fused-ring (bicyclic) bond motifs is 3. The van der Waals surface area contributed by atoms with Gasteiger partial charge in [-0.05, 0) is 77.3 Å². The van der Waals surface area contributed by atoms with E-state index in [4.69, 9.17) is 0 Å². The van der Waals surface area contributed by atoms with Gasteiger partial charge in [0.1, 0.15) is 0 Å². The monoisotopic (exact) mass is 572 g/mol. The van der Waals surface area contributed by atoms with Gasteiger partial charge in [0, 0.05) is 5.41 Å². The molecule has 0 aromatic heterocycles. The van der Waals surface area contributed by atoms with Gasteiger partial charge in [-0.25, -0.2) is 0 Å². The Hall–Kier alpha value is -3.12. The van der Waals surface area contributed by atoms with Crippen LogP contribution >= 0.6 is 0 Å². The van der Waals surface area contributed by atoms with Crippen molar-refractivity contribution < 1.29 is 0 Å². The molecule has 0 nitrogen and oxygen atoms in total. The molecule has 0 aliphatic heterocycles. The maximum atomic E-state index is 2.44. The highest BCUT2D eigenvalue weighted by molar-refractivity contribution is 5.81. The van der Waals surface area contributed by atoms with Gasteiger partial charge in [-0.3, -0.25) is 0 Å². The Bertz CT molecular complexity index is 1440. The molecule has 43 heavy (non-hydrogen) atoms. The first-order valence-corrected chi connectivity index (χ1v) is 16.1. The molecule has 4 aromatic carbocycles. The molecule has 0 heteroatoms. The van der Waals surface area contributed by atoms with Crippen molar-refractivity contribution in [1.82, 2.24) is 0 Å². The summed E-state index contributed by atoms with van der Waals surface area (Å²) in [5, 5.41) is 0. The van der Waals surface area contributed by atoms with Crippen molar-refractivity contribution >= 4 is 0 Å². The quantitative estimate of drug-likeness (QED) is 0.213. The van der Waals surface area contributed by atoms with Crippen molar-refractivity contribution in [3.63, 3.8) is 0 Å². The van der Waals surface area contributed by atoms with Crippen LogP contribution in [0, 0.1) is 0 Å². The van der Waals surface area contributed by atoms with E-state index in [1.165, 1.54) is 55.6 Å². The number of rotatable bonds is 1. The molecule has 4 aromatic rings. The normalized spacial score (nSPS) is 14.5. The standard InChI is InChI=1S/C23H30.C20H26/c1-21(2,3)15-9-11-17-18-12-10-16(22(4,5)6)14-20(18)23(7,8)19(17)13-15;1-19(2,3)17-11-7-15(8-12-17)16-9-13-18(14-10-16)20(4,5)6/h9-14H,1-8H3;7-14H,1-6H3. The topological polar surface area (TPSA) is 0 Å². The summed E-state index contributed by atoms with van der Waals surface area (Å²) in [4.78, 5) is 0. The van der Waals surface area contributed by atoms with Crippen molar-refractivity contribution in [3.05, 3.63) is 118 Å². The zero-order valence-electron chi connectivity index (χ0n) is 29.6. The van der Waals surface area contributed by atoms with E-state index in [2.05, 4.69) is 182 Å². The maximum absolute atomic E-state index is 2.44. The third-order valence-corrected chi connectivity index (χ3v) is 9.24. The minimum atomic E-state index is 0.0766. The van der Waals surface area contributed by atoms with E-state index in [1.807, 2.05) is 0 Å². The highest BCUT2D eigenvalue weighted by Crippen LogP contribution is 2.50. The van der Waals surface area contributed by atoms with Crippen LogP contribution in [0.1, 0.15) is 130 Å². The van der Waals surface area contributed by atoms with Crippen molar-refractivity contribution in [2.75, 3.05) is 0 Å². The van der Waals surface area contributed by atoms with E-state index in [-0.39, 0.29) is 27.1 Å². The van der Waals surface area contributed by atoms with Gasteiger partial charge in [-0.2, -0.15) is 0 Å². The molecule has 0 saturated carbocycles. The molecule has 1 aliphatic rings. The Morgan fingerprint density at radius 3 is 0.860 bits per heavy atom. The van der Waals surface area contributed by atoms with Crippen LogP contribution in [0.5, 0.6) is 0 Å². The predicted octanol–water partition coefficient (Wildman–Crippen LogP) is 12.5. The molecule has 0 heterocycles. The first-order chi connectivity index (χ1) is 19.6. The van der Waals surface area contributed by atoms with E-state index >= 15 is 0 Å².